The molecule has 222 valence electrons. The van der Waals surface area contributed by atoms with Crippen LogP contribution in [0.25, 0.3) is 88.2 Å². The Kier molecular flexibility index (Phi) is 6.76. The number of para-hydroxylation sites is 2. The van der Waals surface area contributed by atoms with E-state index < -0.39 is 0 Å². The minimum Gasteiger partial charge on any atom is -0.456 e. The third kappa shape index (κ3) is 4.34. The average molecular weight is 595 g/mol. The van der Waals surface area contributed by atoms with Crippen molar-refractivity contribution in [1.29, 1.82) is 0 Å². The highest BCUT2D eigenvalue weighted by Gasteiger charge is 2.23. The van der Waals surface area contributed by atoms with Crippen LogP contribution >= 0.6 is 0 Å². The molecule has 9 rings (SSSR count). The summed E-state index contributed by atoms with van der Waals surface area (Å²) in [4.78, 5) is 10.3. The Bertz CT molecular complexity index is 2540. The van der Waals surface area contributed by atoms with Gasteiger partial charge in [-0.1, -0.05) is 111 Å². The third-order valence-electron chi connectivity index (χ3n) is 8.93. The maximum Gasteiger partial charge on any atom is 0.139 e. The lowest BCUT2D eigenvalue weighted by Crippen LogP contribution is -1.95. The fourth-order valence-electron chi connectivity index (χ4n) is 6.86. The van der Waals surface area contributed by atoms with E-state index in [0.29, 0.717) is 0 Å². The Balaban J connectivity index is 0.00000100. The quantitative estimate of drug-likeness (QED) is 0.191. The minimum atomic E-state index is 0.851. The predicted octanol–water partition coefficient (Wildman–Crippen LogP) is 12.3. The first-order valence-corrected chi connectivity index (χ1v) is 16.1. The number of aromatic nitrogens is 2. The van der Waals surface area contributed by atoms with Crippen LogP contribution in [0.3, 0.4) is 0 Å². The van der Waals surface area contributed by atoms with Crippen LogP contribution < -0.4 is 0 Å². The Hall–Kier alpha value is -5.54. The standard InChI is InChI=1S/C40H26N2O.C3H8/c1-23-12-6-7-15-27(23)30-22-32-29-17-9-8-16-28(29)31-20-26(21-35-36(31)37(32)40(43-35)24(30)2)39-38(25-13-4-3-5-14-25)41-33-18-10-11-19-34(33)42-39;1-3-2/h3-22H,1-2H3;3H2,1-2H3. The van der Waals surface area contributed by atoms with Gasteiger partial charge in [-0.3, -0.25) is 0 Å². The molecular formula is C43H34N2O. The lowest BCUT2D eigenvalue weighted by molar-refractivity contribution is 0.666. The van der Waals surface area contributed by atoms with Crippen molar-refractivity contribution in [2.24, 2.45) is 0 Å². The summed E-state index contributed by atoms with van der Waals surface area (Å²) < 4.78 is 6.87. The van der Waals surface area contributed by atoms with E-state index in [4.69, 9.17) is 14.4 Å². The maximum atomic E-state index is 6.87. The van der Waals surface area contributed by atoms with E-state index in [0.717, 1.165) is 50.3 Å². The van der Waals surface area contributed by atoms with Gasteiger partial charge in [0.25, 0.3) is 0 Å². The van der Waals surface area contributed by atoms with Crippen molar-refractivity contribution < 1.29 is 4.42 Å². The molecule has 0 fully saturated rings. The fraction of sp³-hybridized carbons (Fsp3) is 0.116. The van der Waals surface area contributed by atoms with Gasteiger partial charge in [-0.2, -0.15) is 0 Å². The monoisotopic (exact) mass is 594 g/mol. The van der Waals surface area contributed by atoms with Crippen LogP contribution in [0.15, 0.2) is 126 Å². The number of fused-ring (bicyclic) bond motifs is 4. The third-order valence-corrected chi connectivity index (χ3v) is 8.93. The second-order valence-electron chi connectivity index (χ2n) is 12.1. The zero-order chi connectivity index (χ0) is 31.4. The summed E-state index contributed by atoms with van der Waals surface area (Å²) in [5.41, 5.74) is 12.2. The Labute approximate surface area is 268 Å². The first-order valence-electron chi connectivity index (χ1n) is 16.1. The van der Waals surface area contributed by atoms with Gasteiger partial charge in [-0.15, -0.1) is 0 Å². The number of benzene rings is 7. The fourth-order valence-corrected chi connectivity index (χ4v) is 6.86. The van der Waals surface area contributed by atoms with Crippen LogP contribution in [0, 0.1) is 13.8 Å². The van der Waals surface area contributed by atoms with Crippen LogP contribution in [0.2, 0.25) is 0 Å². The Morgan fingerprint density at radius 3 is 1.76 bits per heavy atom. The molecule has 2 aromatic heterocycles. The van der Waals surface area contributed by atoms with Crippen molar-refractivity contribution in [1.82, 2.24) is 9.97 Å². The molecule has 0 saturated heterocycles. The lowest BCUT2D eigenvalue weighted by Gasteiger charge is -2.15. The zero-order valence-corrected chi connectivity index (χ0v) is 26.6. The summed E-state index contributed by atoms with van der Waals surface area (Å²) in [6.07, 6.45) is 1.25. The molecule has 0 N–H and O–H groups in total. The van der Waals surface area contributed by atoms with E-state index in [-0.39, 0.29) is 0 Å². The highest BCUT2D eigenvalue weighted by Crippen LogP contribution is 2.48. The smallest absolute Gasteiger partial charge is 0.139 e. The van der Waals surface area contributed by atoms with Crippen molar-refractivity contribution in [3.63, 3.8) is 0 Å². The molecule has 0 radical (unpaired) electrons. The molecule has 3 nitrogen and oxygen atoms in total. The van der Waals surface area contributed by atoms with Crippen molar-refractivity contribution in [2.45, 2.75) is 34.1 Å². The number of furan rings is 1. The molecule has 2 heterocycles. The van der Waals surface area contributed by atoms with Crippen molar-refractivity contribution in [3.05, 3.63) is 132 Å². The Morgan fingerprint density at radius 2 is 1.09 bits per heavy atom. The number of aryl methyl sites for hydroxylation is 2. The highest BCUT2D eigenvalue weighted by molar-refractivity contribution is 6.34. The molecule has 9 aromatic rings. The Morgan fingerprint density at radius 1 is 0.522 bits per heavy atom. The van der Waals surface area contributed by atoms with E-state index in [9.17, 15) is 0 Å². The summed E-state index contributed by atoms with van der Waals surface area (Å²) in [6, 6.07) is 42.6. The van der Waals surface area contributed by atoms with Crippen LogP contribution in [-0.2, 0) is 0 Å². The topological polar surface area (TPSA) is 38.9 Å². The van der Waals surface area contributed by atoms with E-state index in [1.807, 2.05) is 30.3 Å². The van der Waals surface area contributed by atoms with Gasteiger partial charge in [0.15, 0.2) is 0 Å². The molecule has 0 bridgehead atoms. The van der Waals surface area contributed by atoms with Crippen LogP contribution in [0.1, 0.15) is 31.4 Å². The van der Waals surface area contributed by atoms with Gasteiger partial charge in [0.1, 0.15) is 11.2 Å². The van der Waals surface area contributed by atoms with Crippen molar-refractivity contribution in [3.8, 4) is 33.6 Å². The van der Waals surface area contributed by atoms with Crippen molar-refractivity contribution in [2.75, 3.05) is 0 Å². The average Bonchev–Trinajstić information content (AvgIpc) is 3.49. The molecule has 0 saturated carbocycles. The lowest BCUT2D eigenvalue weighted by atomic mass is 9.88. The second kappa shape index (κ2) is 11.1. The summed E-state index contributed by atoms with van der Waals surface area (Å²) >= 11 is 0. The van der Waals surface area contributed by atoms with Crippen LogP contribution in [-0.4, -0.2) is 9.97 Å². The van der Waals surface area contributed by atoms with Crippen molar-refractivity contribution >= 4 is 54.5 Å². The van der Waals surface area contributed by atoms with Crippen LogP contribution in [0.4, 0.5) is 0 Å². The second-order valence-corrected chi connectivity index (χ2v) is 12.1. The first kappa shape index (κ1) is 28.0. The molecule has 3 heteroatoms. The summed E-state index contributed by atoms with van der Waals surface area (Å²) in [5, 5.41) is 7.19. The number of hydrogen-bond acceptors (Lipinski definition) is 3. The van der Waals surface area contributed by atoms with E-state index >= 15 is 0 Å². The van der Waals surface area contributed by atoms with Gasteiger partial charge in [0.05, 0.1) is 22.4 Å². The number of nitrogens with zero attached hydrogens (tertiary/aromatic N) is 2. The zero-order valence-electron chi connectivity index (χ0n) is 26.6. The van der Waals surface area contributed by atoms with Gasteiger partial charge < -0.3 is 4.42 Å². The molecule has 0 aliphatic carbocycles. The highest BCUT2D eigenvalue weighted by atomic mass is 16.3. The molecule has 7 aromatic carbocycles. The number of rotatable bonds is 3. The molecule has 0 aliphatic heterocycles. The first-order chi connectivity index (χ1) is 22.6. The van der Waals surface area contributed by atoms with Gasteiger partial charge in [0, 0.05) is 27.5 Å². The molecule has 0 atom stereocenters. The molecular weight excluding hydrogens is 560 g/mol. The molecule has 0 unspecified atom stereocenters. The predicted molar refractivity (Wildman–Crippen MR) is 195 cm³/mol. The normalized spacial score (nSPS) is 11.6. The minimum absolute atomic E-state index is 0.851. The van der Waals surface area contributed by atoms with Gasteiger partial charge in [0.2, 0.25) is 0 Å². The van der Waals surface area contributed by atoms with Gasteiger partial charge in [-0.25, -0.2) is 9.97 Å². The largest absolute Gasteiger partial charge is 0.456 e. The van der Waals surface area contributed by atoms with E-state index in [2.05, 4.69) is 119 Å². The molecule has 0 amide bonds. The molecule has 46 heavy (non-hydrogen) atoms. The summed E-state index contributed by atoms with van der Waals surface area (Å²) in [7, 11) is 0. The van der Waals surface area contributed by atoms with Crippen LogP contribution in [0.5, 0.6) is 0 Å². The summed E-state index contributed by atoms with van der Waals surface area (Å²) in [5.74, 6) is 0. The maximum absolute atomic E-state index is 6.87. The molecule has 0 aliphatic rings. The van der Waals surface area contributed by atoms with Gasteiger partial charge >= 0.3 is 0 Å². The van der Waals surface area contributed by atoms with E-state index in [1.54, 1.807) is 0 Å². The van der Waals surface area contributed by atoms with Gasteiger partial charge in [-0.05, 0) is 82.4 Å². The molecule has 0 spiro atoms. The number of hydrogen-bond donors (Lipinski definition) is 0. The summed E-state index contributed by atoms with van der Waals surface area (Å²) in [6.45, 7) is 8.61. The van der Waals surface area contributed by atoms with E-state index in [1.165, 1.54) is 55.4 Å². The SMILES string of the molecule is CCC.Cc1ccccc1-c1cc2c3ccccc3c3cc(-c4nc5ccccc5nc4-c4ccccc4)cc4oc(c1C)c2c43.